The van der Waals surface area contributed by atoms with E-state index in [4.69, 9.17) is 9.47 Å². The van der Waals surface area contributed by atoms with Crippen LogP contribution in [0.4, 0.5) is 5.69 Å². The summed E-state index contributed by atoms with van der Waals surface area (Å²) in [5, 5.41) is 0. The summed E-state index contributed by atoms with van der Waals surface area (Å²) >= 11 is 0. The Balaban J connectivity index is 0.995. The molecule has 1 aromatic carbocycles. The summed E-state index contributed by atoms with van der Waals surface area (Å²) in [5.74, 6) is 5.53. The van der Waals surface area contributed by atoms with Crippen molar-refractivity contribution in [3.05, 3.63) is 124 Å². The van der Waals surface area contributed by atoms with Gasteiger partial charge in [0.05, 0.1) is 18.2 Å². The van der Waals surface area contributed by atoms with Crippen LogP contribution in [-0.2, 0) is 14.9 Å². The standard InChI is InChI=1S/C53H63NO2/c1-2-12-34(13-3-1)35-22-25-37(26-23-35)54(39-27-29-42-41-16-6-9-19-48(41)55-51(42)33-39)38-28-30-43-47(32-38)53(46-31-24-36-14-4-5-15-40(36)52(43)46)44-17-7-10-20-49(44)56-50-21-11-8-18-45(50)53/h1-2,7,9-10,17,19-20,25,27-30,32,34-35,39,42,44-46,49-52H,3-6,8,11-16,18,21-24,26,31,33H2. The minimum atomic E-state index is 0.116. The smallest absolute Gasteiger partial charge is 0.119 e. The molecule has 292 valence electrons. The average molecular weight is 746 g/mol. The molecule has 3 nitrogen and oxygen atoms in total. The summed E-state index contributed by atoms with van der Waals surface area (Å²) in [7, 11) is 0. The first-order valence-electron chi connectivity index (χ1n) is 23.5. The average Bonchev–Trinajstić information content (AvgIpc) is 3.78. The predicted molar refractivity (Wildman–Crippen MR) is 227 cm³/mol. The maximum atomic E-state index is 7.19. The molecule has 0 bridgehead atoms. The molecule has 3 heteroatoms. The van der Waals surface area contributed by atoms with Crippen molar-refractivity contribution in [1.29, 1.82) is 0 Å². The van der Waals surface area contributed by atoms with Crippen molar-refractivity contribution in [2.45, 2.75) is 158 Å². The highest BCUT2D eigenvalue weighted by atomic mass is 16.5. The Morgan fingerprint density at radius 2 is 1.62 bits per heavy atom. The zero-order valence-electron chi connectivity index (χ0n) is 33.6. The lowest BCUT2D eigenvalue weighted by Crippen LogP contribution is -2.60. The molecule has 2 aliphatic heterocycles. The molecule has 12 atom stereocenters. The van der Waals surface area contributed by atoms with Crippen molar-refractivity contribution in [3.8, 4) is 0 Å². The number of hydrogen-bond acceptors (Lipinski definition) is 3. The van der Waals surface area contributed by atoms with Crippen LogP contribution < -0.4 is 4.90 Å². The van der Waals surface area contributed by atoms with Gasteiger partial charge in [-0.2, -0.15) is 0 Å². The molecule has 0 radical (unpaired) electrons. The zero-order valence-corrected chi connectivity index (χ0v) is 33.6. The van der Waals surface area contributed by atoms with Crippen LogP contribution in [0.25, 0.3) is 0 Å². The number of hydrogen-bond donors (Lipinski definition) is 0. The van der Waals surface area contributed by atoms with E-state index in [2.05, 4.69) is 89.9 Å². The van der Waals surface area contributed by atoms with E-state index in [9.17, 15) is 0 Å². The number of allylic oxidation sites excluding steroid dienone is 10. The van der Waals surface area contributed by atoms with Crippen LogP contribution in [0.2, 0.25) is 0 Å². The van der Waals surface area contributed by atoms with Crippen molar-refractivity contribution in [2.75, 3.05) is 4.90 Å². The summed E-state index contributed by atoms with van der Waals surface area (Å²) in [6.45, 7) is 0. The Kier molecular flexibility index (Phi) is 8.63. The third-order valence-corrected chi connectivity index (χ3v) is 17.5. The molecule has 1 aromatic rings. The first-order chi connectivity index (χ1) is 27.8. The Morgan fingerprint density at radius 3 is 2.55 bits per heavy atom. The molecule has 0 N–H and O–H groups in total. The van der Waals surface area contributed by atoms with Gasteiger partial charge in [-0.3, -0.25) is 0 Å². The van der Waals surface area contributed by atoms with Gasteiger partial charge in [-0.25, -0.2) is 0 Å². The van der Waals surface area contributed by atoms with Gasteiger partial charge in [0.1, 0.15) is 11.9 Å². The first-order valence-corrected chi connectivity index (χ1v) is 23.5. The number of fused-ring (bicyclic) bond motifs is 12. The van der Waals surface area contributed by atoms with Crippen molar-refractivity contribution in [3.63, 3.8) is 0 Å². The van der Waals surface area contributed by atoms with Crippen LogP contribution in [0.15, 0.2) is 113 Å². The van der Waals surface area contributed by atoms with Crippen LogP contribution in [0.3, 0.4) is 0 Å². The Labute approximate surface area is 336 Å². The highest BCUT2D eigenvalue weighted by Gasteiger charge is 2.65. The van der Waals surface area contributed by atoms with Gasteiger partial charge in [-0.05, 0) is 161 Å². The number of ether oxygens (including phenoxy) is 2. The fourth-order valence-corrected chi connectivity index (χ4v) is 15.2. The van der Waals surface area contributed by atoms with E-state index < -0.39 is 0 Å². The lowest BCUT2D eigenvalue weighted by atomic mass is 9.49. The highest BCUT2D eigenvalue weighted by Crippen LogP contribution is 2.69. The second-order valence-corrected chi connectivity index (χ2v) is 19.8. The Bertz CT molecular complexity index is 2000. The van der Waals surface area contributed by atoms with Gasteiger partial charge in [0.15, 0.2) is 0 Å². The van der Waals surface area contributed by atoms with E-state index >= 15 is 0 Å². The van der Waals surface area contributed by atoms with E-state index in [-0.39, 0.29) is 17.6 Å². The molecule has 2 fully saturated rings. The van der Waals surface area contributed by atoms with Gasteiger partial charge in [-0.1, -0.05) is 90.8 Å². The first kappa shape index (κ1) is 34.7. The van der Waals surface area contributed by atoms with Crippen molar-refractivity contribution < 1.29 is 9.47 Å². The molecule has 0 aromatic heterocycles. The van der Waals surface area contributed by atoms with Gasteiger partial charge in [0, 0.05) is 41.0 Å². The monoisotopic (exact) mass is 745 g/mol. The lowest BCUT2D eigenvalue weighted by molar-refractivity contribution is -0.157. The van der Waals surface area contributed by atoms with E-state index in [1.807, 2.05) is 11.1 Å². The van der Waals surface area contributed by atoms with E-state index in [1.54, 1.807) is 22.4 Å². The van der Waals surface area contributed by atoms with Crippen molar-refractivity contribution in [2.24, 2.45) is 35.5 Å². The van der Waals surface area contributed by atoms with Gasteiger partial charge in [0.2, 0.25) is 0 Å². The summed E-state index contributed by atoms with van der Waals surface area (Å²) < 4.78 is 14.0. The molecule has 12 unspecified atom stereocenters. The molecule has 1 saturated heterocycles. The maximum Gasteiger partial charge on any atom is 0.119 e. The van der Waals surface area contributed by atoms with E-state index in [0.29, 0.717) is 41.7 Å². The molecular weight excluding hydrogens is 683 g/mol. The molecular formula is C53H63NO2. The normalized spacial score (nSPS) is 41.6. The topological polar surface area (TPSA) is 21.7 Å². The molecule has 11 aliphatic rings. The van der Waals surface area contributed by atoms with Crippen LogP contribution in [0.1, 0.15) is 139 Å². The maximum absolute atomic E-state index is 7.19. The van der Waals surface area contributed by atoms with Gasteiger partial charge in [-0.15, -0.1) is 0 Å². The lowest BCUT2D eigenvalue weighted by Gasteiger charge is -2.59. The Hall–Kier alpha value is -3.30. The number of anilines is 1. The minimum Gasteiger partial charge on any atom is -0.489 e. The van der Waals surface area contributed by atoms with Crippen LogP contribution in [0, 0.1) is 35.5 Å². The second-order valence-electron chi connectivity index (χ2n) is 19.8. The Morgan fingerprint density at radius 1 is 0.696 bits per heavy atom. The van der Waals surface area contributed by atoms with Crippen LogP contribution >= 0.6 is 0 Å². The summed E-state index contributed by atoms with van der Waals surface area (Å²) in [6, 6.07) is 8.40. The van der Waals surface area contributed by atoms with Crippen LogP contribution in [-0.4, -0.2) is 24.4 Å². The summed E-state index contributed by atoms with van der Waals surface area (Å²) in [6.07, 6.45) is 52.2. The predicted octanol–water partition coefficient (Wildman–Crippen LogP) is 12.8. The second kappa shape index (κ2) is 13.9. The van der Waals surface area contributed by atoms with E-state index in [1.165, 1.54) is 114 Å². The van der Waals surface area contributed by atoms with Gasteiger partial charge >= 0.3 is 0 Å². The molecule has 1 spiro atoms. The SMILES string of the molecule is C1=CC2OC3CCCCC3C3(c4cc(N(C5=CCC(C6CC=CCC6)CC5)C5C=CC6C7=C(C=CCC7)OC6C5)ccc4C4C5=C(CCCC5)CCC43)C2C=C1. The van der Waals surface area contributed by atoms with Crippen molar-refractivity contribution >= 4 is 5.69 Å². The molecule has 2 heterocycles. The molecule has 56 heavy (non-hydrogen) atoms. The molecule has 12 rings (SSSR count). The zero-order chi connectivity index (χ0) is 36.8. The minimum absolute atomic E-state index is 0.116. The fraction of sp³-hybridized carbons (Fsp3) is 0.585. The van der Waals surface area contributed by atoms with Gasteiger partial charge < -0.3 is 14.4 Å². The quantitative estimate of drug-likeness (QED) is 0.287. The third-order valence-electron chi connectivity index (χ3n) is 17.5. The molecule has 1 saturated carbocycles. The summed E-state index contributed by atoms with van der Waals surface area (Å²) in [4.78, 5) is 2.85. The summed E-state index contributed by atoms with van der Waals surface area (Å²) in [5.41, 5.74) is 11.8. The highest BCUT2D eigenvalue weighted by molar-refractivity contribution is 5.64. The third kappa shape index (κ3) is 5.30. The number of nitrogens with zero attached hydrogens (tertiary/aromatic N) is 1. The number of benzene rings is 1. The fourth-order valence-electron chi connectivity index (χ4n) is 15.2. The largest absolute Gasteiger partial charge is 0.489 e. The molecule has 9 aliphatic carbocycles. The number of rotatable bonds is 4. The van der Waals surface area contributed by atoms with Crippen LogP contribution in [0.5, 0.6) is 0 Å². The van der Waals surface area contributed by atoms with Gasteiger partial charge in [0.25, 0.3) is 0 Å². The van der Waals surface area contributed by atoms with E-state index in [0.717, 1.165) is 31.1 Å². The van der Waals surface area contributed by atoms with Crippen molar-refractivity contribution in [1.82, 2.24) is 0 Å². The molecule has 0 amide bonds.